The SMILES string of the molecule is CN=NOc1ccc2c(c1)C(c1ccccc1F)=NCC(=O)N2COC. The Morgan fingerprint density at radius 3 is 2.77 bits per heavy atom. The fourth-order valence-corrected chi connectivity index (χ4v) is 2.69. The Hall–Kier alpha value is -3.13. The van der Waals surface area contributed by atoms with Crippen molar-refractivity contribution in [3.63, 3.8) is 0 Å². The van der Waals surface area contributed by atoms with Crippen LogP contribution in [0.2, 0.25) is 0 Å². The summed E-state index contributed by atoms with van der Waals surface area (Å²) in [5.74, 6) is -0.282. The van der Waals surface area contributed by atoms with E-state index in [1.54, 1.807) is 36.4 Å². The molecule has 0 bridgehead atoms. The Labute approximate surface area is 149 Å². The second-order valence-corrected chi connectivity index (χ2v) is 5.44. The van der Waals surface area contributed by atoms with E-state index >= 15 is 0 Å². The summed E-state index contributed by atoms with van der Waals surface area (Å²) in [6, 6.07) is 11.3. The van der Waals surface area contributed by atoms with Crippen LogP contribution in [0, 0.1) is 5.82 Å². The number of fused-ring (bicyclic) bond motifs is 1. The molecule has 0 aliphatic carbocycles. The van der Waals surface area contributed by atoms with Crippen molar-refractivity contribution in [2.24, 2.45) is 15.4 Å². The predicted octanol–water partition coefficient (Wildman–Crippen LogP) is 2.99. The van der Waals surface area contributed by atoms with Gasteiger partial charge in [0.15, 0.2) is 5.75 Å². The first kappa shape index (κ1) is 17.7. The summed E-state index contributed by atoms with van der Waals surface area (Å²) in [4.78, 5) is 23.4. The molecule has 0 N–H and O–H groups in total. The normalized spacial score (nSPS) is 14.2. The molecule has 0 unspecified atom stereocenters. The maximum atomic E-state index is 14.4. The molecule has 1 aliphatic rings. The smallest absolute Gasteiger partial charge is 0.250 e. The van der Waals surface area contributed by atoms with Gasteiger partial charge in [0.1, 0.15) is 19.1 Å². The van der Waals surface area contributed by atoms with Crippen LogP contribution in [0.1, 0.15) is 11.1 Å². The summed E-state index contributed by atoms with van der Waals surface area (Å²) in [7, 11) is 2.98. The van der Waals surface area contributed by atoms with E-state index in [1.165, 1.54) is 25.1 Å². The number of hydrogen-bond acceptors (Lipinski definition) is 6. The average Bonchev–Trinajstić information content (AvgIpc) is 2.78. The lowest BCUT2D eigenvalue weighted by Crippen LogP contribution is -2.34. The molecule has 0 atom stereocenters. The second kappa shape index (κ2) is 7.83. The number of aliphatic imine (C=N–C) groups is 1. The van der Waals surface area contributed by atoms with Crippen molar-refractivity contribution in [1.29, 1.82) is 0 Å². The number of nitrogens with zero attached hydrogens (tertiary/aromatic N) is 4. The molecular weight excluding hydrogens is 339 g/mol. The second-order valence-electron chi connectivity index (χ2n) is 5.44. The molecular formula is C18H17FN4O3. The molecule has 8 heteroatoms. The van der Waals surface area contributed by atoms with Crippen LogP contribution in [0.25, 0.3) is 0 Å². The van der Waals surface area contributed by atoms with Crippen molar-refractivity contribution in [2.75, 3.05) is 32.3 Å². The number of methoxy groups -OCH3 is 1. The fraction of sp³-hybridized carbons (Fsp3) is 0.222. The lowest BCUT2D eigenvalue weighted by Gasteiger charge is -2.22. The van der Waals surface area contributed by atoms with Gasteiger partial charge in [-0.2, -0.15) is 5.11 Å². The number of hydrogen-bond donors (Lipinski definition) is 0. The topological polar surface area (TPSA) is 75.9 Å². The van der Waals surface area contributed by atoms with Crippen molar-refractivity contribution in [3.05, 3.63) is 59.4 Å². The summed E-state index contributed by atoms with van der Waals surface area (Å²) < 4.78 is 19.5. The first-order chi connectivity index (χ1) is 12.7. The summed E-state index contributed by atoms with van der Waals surface area (Å²) in [5.41, 5.74) is 1.76. The number of anilines is 1. The zero-order valence-electron chi connectivity index (χ0n) is 14.3. The lowest BCUT2D eigenvalue weighted by molar-refractivity contribution is -0.118. The standard InChI is InChI=1S/C18H17FN4O3/c1-20-22-26-12-7-8-16-14(9-12)18(13-5-3-4-6-15(13)19)21-10-17(24)23(16)11-25-2/h3-9H,10-11H2,1-2H3. The van der Waals surface area contributed by atoms with Gasteiger partial charge in [-0.15, -0.1) is 0 Å². The van der Waals surface area contributed by atoms with Crippen molar-refractivity contribution < 1.29 is 18.8 Å². The fourth-order valence-electron chi connectivity index (χ4n) is 2.69. The van der Waals surface area contributed by atoms with Crippen LogP contribution in [0.15, 0.2) is 57.8 Å². The van der Waals surface area contributed by atoms with Crippen molar-refractivity contribution in [2.45, 2.75) is 0 Å². The maximum Gasteiger partial charge on any atom is 0.250 e. The minimum Gasteiger partial charge on any atom is -0.364 e. The number of benzodiazepines with no additional fused rings is 1. The largest absolute Gasteiger partial charge is 0.364 e. The van der Waals surface area contributed by atoms with Gasteiger partial charge in [-0.1, -0.05) is 12.1 Å². The third-order valence-corrected chi connectivity index (χ3v) is 3.80. The number of amides is 1. The van der Waals surface area contributed by atoms with Crippen LogP contribution >= 0.6 is 0 Å². The van der Waals surface area contributed by atoms with Crippen molar-refractivity contribution >= 4 is 17.3 Å². The van der Waals surface area contributed by atoms with Gasteiger partial charge < -0.3 is 9.57 Å². The molecule has 1 amide bonds. The van der Waals surface area contributed by atoms with Gasteiger partial charge in [-0.05, 0) is 30.3 Å². The molecule has 26 heavy (non-hydrogen) atoms. The maximum absolute atomic E-state index is 14.4. The van der Waals surface area contributed by atoms with Crippen LogP contribution in [-0.2, 0) is 9.53 Å². The van der Waals surface area contributed by atoms with Gasteiger partial charge in [0.2, 0.25) is 0 Å². The van der Waals surface area contributed by atoms with Crippen LogP contribution < -0.4 is 9.74 Å². The molecule has 1 aliphatic heterocycles. The van der Waals surface area contributed by atoms with Gasteiger partial charge in [0, 0.05) is 23.5 Å². The molecule has 0 aromatic heterocycles. The van der Waals surface area contributed by atoms with E-state index in [1.807, 2.05) is 0 Å². The summed E-state index contributed by atoms with van der Waals surface area (Å²) >= 11 is 0. The van der Waals surface area contributed by atoms with Gasteiger partial charge in [-0.3, -0.25) is 14.7 Å². The van der Waals surface area contributed by atoms with E-state index in [-0.39, 0.29) is 19.2 Å². The summed E-state index contributed by atoms with van der Waals surface area (Å²) in [5, 5.41) is 7.04. The molecule has 134 valence electrons. The summed E-state index contributed by atoms with van der Waals surface area (Å²) in [6.45, 7) is -0.0622. The highest BCUT2D eigenvalue weighted by molar-refractivity contribution is 6.19. The van der Waals surface area contributed by atoms with E-state index in [2.05, 4.69) is 15.4 Å². The monoisotopic (exact) mass is 356 g/mol. The van der Waals surface area contributed by atoms with E-state index < -0.39 is 5.82 Å². The molecule has 0 saturated carbocycles. The van der Waals surface area contributed by atoms with Crippen LogP contribution in [0.4, 0.5) is 10.1 Å². The van der Waals surface area contributed by atoms with Gasteiger partial charge in [-0.25, -0.2) is 4.39 Å². The van der Waals surface area contributed by atoms with Crippen LogP contribution in [0.5, 0.6) is 5.75 Å². The molecule has 2 aromatic rings. The van der Waals surface area contributed by atoms with Gasteiger partial charge >= 0.3 is 0 Å². The van der Waals surface area contributed by atoms with Gasteiger partial charge in [0.05, 0.1) is 18.4 Å². The lowest BCUT2D eigenvalue weighted by atomic mass is 9.99. The zero-order chi connectivity index (χ0) is 18.5. The van der Waals surface area contributed by atoms with Gasteiger partial charge in [0.25, 0.3) is 5.91 Å². The summed E-state index contributed by atoms with van der Waals surface area (Å²) in [6.07, 6.45) is 0. The Morgan fingerprint density at radius 1 is 1.23 bits per heavy atom. The predicted molar refractivity (Wildman–Crippen MR) is 94.1 cm³/mol. The van der Waals surface area contributed by atoms with E-state index in [4.69, 9.17) is 9.57 Å². The Balaban J connectivity index is 2.18. The van der Waals surface area contributed by atoms with Crippen LogP contribution in [-0.4, -0.2) is 39.1 Å². The quantitative estimate of drug-likeness (QED) is 0.610. The number of carbonyl (C=O) groups is 1. The Bertz CT molecular complexity index is 882. The molecule has 0 radical (unpaired) electrons. The number of halogens is 1. The zero-order valence-corrected chi connectivity index (χ0v) is 14.3. The average molecular weight is 356 g/mol. The first-order valence-electron chi connectivity index (χ1n) is 7.85. The number of benzene rings is 2. The van der Waals surface area contributed by atoms with E-state index in [0.29, 0.717) is 28.3 Å². The van der Waals surface area contributed by atoms with E-state index in [9.17, 15) is 9.18 Å². The number of rotatable bonds is 5. The first-order valence-corrected chi connectivity index (χ1v) is 7.85. The molecule has 0 saturated heterocycles. The molecule has 0 spiro atoms. The highest BCUT2D eigenvalue weighted by Crippen LogP contribution is 2.31. The highest BCUT2D eigenvalue weighted by atomic mass is 19.1. The third-order valence-electron chi connectivity index (χ3n) is 3.80. The minimum absolute atomic E-state index is 0.0563. The molecule has 0 fully saturated rings. The Kier molecular flexibility index (Phi) is 5.33. The highest BCUT2D eigenvalue weighted by Gasteiger charge is 2.26. The molecule has 2 aromatic carbocycles. The molecule has 7 nitrogen and oxygen atoms in total. The number of carbonyl (C=O) groups excluding carboxylic acids is 1. The van der Waals surface area contributed by atoms with E-state index in [0.717, 1.165) is 0 Å². The molecule has 1 heterocycles. The van der Waals surface area contributed by atoms with Crippen molar-refractivity contribution in [3.8, 4) is 5.75 Å². The minimum atomic E-state index is -0.426. The van der Waals surface area contributed by atoms with Crippen LogP contribution in [0.3, 0.4) is 0 Å². The van der Waals surface area contributed by atoms with Crippen molar-refractivity contribution in [1.82, 2.24) is 0 Å². The third kappa shape index (κ3) is 3.45. The Morgan fingerprint density at radius 2 is 2.04 bits per heavy atom. The molecule has 3 rings (SSSR count). The number of ether oxygens (including phenoxy) is 1.